The topological polar surface area (TPSA) is 142 Å². The minimum Gasteiger partial charge on any atom is -0.351 e. The second-order valence-corrected chi connectivity index (χ2v) is 4.39. The van der Waals surface area contributed by atoms with E-state index in [-0.39, 0.29) is 0 Å². The second-order valence-electron chi connectivity index (χ2n) is 3.09. The number of carbonyl (C=O) groups is 2. The summed E-state index contributed by atoms with van der Waals surface area (Å²) in [6, 6.07) is -0.885. The Morgan fingerprint density at radius 3 is 2.88 bits per heavy atom. The van der Waals surface area contributed by atoms with Crippen molar-refractivity contribution in [1.29, 1.82) is 0 Å². The fourth-order valence-electron chi connectivity index (χ4n) is 0.978. The van der Waals surface area contributed by atoms with E-state index in [1.165, 1.54) is 4.68 Å². The molecule has 1 aromatic heterocycles. The highest BCUT2D eigenvalue weighted by atomic mass is 32.2. The zero-order valence-corrected chi connectivity index (χ0v) is 9.98. The van der Waals surface area contributed by atoms with Crippen molar-refractivity contribution < 1.29 is 9.59 Å². The standard InChI is InChI=1S/C7H13N7O2S/c1-4(5(15)10-6(9)16)17-7-11-12-13-14(7)3-2-8/h4H,2-3,8H2,1H3,(H3,9,10,15,16). The van der Waals surface area contributed by atoms with Gasteiger partial charge in [-0.1, -0.05) is 11.8 Å². The Hall–Kier alpha value is -1.68. The van der Waals surface area contributed by atoms with Crippen LogP contribution in [0.25, 0.3) is 0 Å². The first-order chi connectivity index (χ1) is 8.04. The highest BCUT2D eigenvalue weighted by Gasteiger charge is 2.19. The second kappa shape index (κ2) is 6.15. The van der Waals surface area contributed by atoms with E-state index in [2.05, 4.69) is 15.5 Å². The molecular formula is C7H13N7O2S. The van der Waals surface area contributed by atoms with Crippen LogP contribution < -0.4 is 16.8 Å². The molecule has 17 heavy (non-hydrogen) atoms. The van der Waals surface area contributed by atoms with Crippen LogP contribution in [0.2, 0.25) is 0 Å². The third-order valence-electron chi connectivity index (χ3n) is 1.74. The number of tetrazole rings is 1. The van der Waals surface area contributed by atoms with Gasteiger partial charge in [-0.2, -0.15) is 0 Å². The molecule has 1 atom stereocenters. The van der Waals surface area contributed by atoms with Crippen molar-refractivity contribution in [3.63, 3.8) is 0 Å². The number of nitrogens with zero attached hydrogens (tertiary/aromatic N) is 4. The molecule has 0 bridgehead atoms. The largest absolute Gasteiger partial charge is 0.351 e. The lowest BCUT2D eigenvalue weighted by atomic mass is 10.4. The monoisotopic (exact) mass is 259 g/mol. The minimum absolute atomic E-state index is 0.389. The summed E-state index contributed by atoms with van der Waals surface area (Å²) in [5, 5.41) is 12.8. The maximum atomic E-state index is 11.4. The SMILES string of the molecule is CC(Sc1nnnn1CCN)C(=O)NC(N)=O. The molecule has 1 aromatic rings. The predicted molar refractivity (Wildman–Crippen MR) is 59.9 cm³/mol. The number of primary amides is 1. The zero-order chi connectivity index (χ0) is 12.8. The first-order valence-electron chi connectivity index (χ1n) is 4.77. The molecule has 0 saturated heterocycles. The van der Waals surface area contributed by atoms with Gasteiger partial charge in [0.05, 0.1) is 11.8 Å². The van der Waals surface area contributed by atoms with Crippen LogP contribution in [0.5, 0.6) is 0 Å². The van der Waals surface area contributed by atoms with E-state index in [1.807, 2.05) is 5.32 Å². The first-order valence-corrected chi connectivity index (χ1v) is 5.65. The quantitative estimate of drug-likeness (QED) is 0.535. The fraction of sp³-hybridized carbons (Fsp3) is 0.571. The molecule has 0 aliphatic carbocycles. The van der Waals surface area contributed by atoms with Crippen LogP contribution in [0.15, 0.2) is 5.16 Å². The number of hydrogen-bond acceptors (Lipinski definition) is 7. The number of hydrogen-bond donors (Lipinski definition) is 3. The molecule has 0 saturated carbocycles. The number of thioether (sulfide) groups is 1. The third-order valence-corrected chi connectivity index (χ3v) is 2.81. The molecule has 1 unspecified atom stereocenters. The molecule has 0 aromatic carbocycles. The predicted octanol–water partition coefficient (Wildman–Crippen LogP) is -1.69. The van der Waals surface area contributed by atoms with Crippen LogP contribution in [0.1, 0.15) is 6.92 Å². The summed E-state index contributed by atoms with van der Waals surface area (Å²) < 4.78 is 1.48. The molecule has 0 radical (unpaired) electrons. The lowest BCUT2D eigenvalue weighted by molar-refractivity contribution is -0.119. The van der Waals surface area contributed by atoms with Gasteiger partial charge in [0.1, 0.15) is 0 Å². The molecule has 1 heterocycles. The van der Waals surface area contributed by atoms with Gasteiger partial charge in [-0.15, -0.1) is 5.10 Å². The van der Waals surface area contributed by atoms with E-state index < -0.39 is 17.2 Å². The van der Waals surface area contributed by atoms with Gasteiger partial charge in [-0.05, 0) is 17.4 Å². The molecule has 1 rings (SSSR count). The van der Waals surface area contributed by atoms with E-state index in [9.17, 15) is 9.59 Å². The van der Waals surface area contributed by atoms with Crippen LogP contribution in [0, 0.1) is 0 Å². The van der Waals surface area contributed by atoms with Gasteiger partial charge in [0.25, 0.3) is 0 Å². The number of rotatable bonds is 5. The number of imide groups is 1. The number of amides is 3. The average Bonchev–Trinajstić information content (AvgIpc) is 2.65. The Kier molecular flexibility index (Phi) is 4.84. The number of carbonyl (C=O) groups excluding carboxylic acids is 2. The highest BCUT2D eigenvalue weighted by molar-refractivity contribution is 8.00. The number of nitrogens with one attached hydrogen (secondary N) is 1. The van der Waals surface area contributed by atoms with Gasteiger partial charge in [0.15, 0.2) is 0 Å². The summed E-state index contributed by atoms with van der Waals surface area (Å²) in [6.07, 6.45) is 0. The van der Waals surface area contributed by atoms with Crippen molar-refractivity contribution in [2.75, 3.05) is 6.54 Å². The average molecular weight is 259 g/mol. The van der Waals surface area contributed by atoms with Crippen molar-refractivity contribution >= 4 is 23.7 Å². The molecule has 0 aliphatic heterocycles. The van der Waals surface area contributed by atoms with Gasteiger partial charge in [-0.25, -0.2) is 9.48 Å². The number of nitrogens with two attached hydrogens (primary N) is 2. The van der Waals surface area contributed by atoms with Crippen molar-refractivity contribution in [3.8, 4) is 0 Å². The van der Waals surface area contributed by atoms with Gasteiger partial charge < -0.3 is 11.5 Å². The Balaban J connectivity index is 2.60. The smallest absolute Gasteiger partial charge is 0.318 e. The Bertz CT molecular complexity index is 407. The lowest BCUT2D eigenvalue weighted by Gasteiger charge is -2.09. The van der Waals surface area contributed by atoms with Gasteiger partial charge in [-0.3, -0.25) is 10.1 Å². The molecule has 0 fully saturated rings. The Morgan fingerprint density at radius 2 is 2.29 bits per heavy atom. The van der Waals surface area contributed by atoms with Crippen molar-refractivity contribution in [3.05, 3.63) is 0 Å². The van der Waals surface area contributed by atoms with Gasteiger partial charge in [0.2, 0.25) is 11.1 Å². The van der Waals surface area contributed by atoms with Crippen LogP contribution in [-0.2, 0) is 11.3 Å². The van der Waals surface area contributed by atoms with E-state index in [0.717, 1.165) is 11.8 Å². The molecule has 10 heteroatoms. The normalized spacial score (nSPS) is 12.1. The molecule has 0 aliphatic rings. The van der Waals surface area contributed by atoms with Gasteiger partial charge in [0, 0.05) is 6.54 Å². The van der Waals surface area contributed by atoms with Crippen LogP contribution in [0.3, 0.4) is 0 Å². The Labute approximate surface area is 101 Å². The number of urea groups is 1. The molecule has 94 valence electrons. The number of aromatic nitrogens is 4. The summed E-state index contributed by atoms with van der Waals surface area (Å²) in [6.45, 7) is 2.46. The van der Waals surface area contributed by atoms with Crippen molar-refractivity contribution in [2.24, 2.45) is 11.5 Å². The summed E-state index contributed by atoms with van der Waals surface area (Å²) >= 11 is 1.12. The molecule has 0 spiro atoms. The molecular weight excluding hydrogens is 246 g/mol. The van der Waals surface area contributed by atoms with Crippen LogP contribution >= 0.6 is 11.8 Å². The summed E-state index contributed by atoms with van der Waals surface area (Å²) in [7, 11) is 0. The van der Waals surface area contributed by atoms with Crippen molar-refractivity contribution in [2.45, 2.75) is 23.9 Å². The van der Waals surface area contributed by atoms with Gasteiger partial charge >= 0.3 is 6.03 Å². The molecule has 3 amide bonds. The van der Waals surface area contributed by atoms with E-state index in [1.54, 1.807) is 6.92 Å². The third kappa shape index (κ3) is 4.00. The maximum Gasteiger partial charge on any atom is 0.318 e. The van der Waals surface area contributed by atoms with E-state index in [0.29, 0.717) is 18.2 Å². The van der Waals surface area contributed by atoms with E-state index >= 15 is 0 Å². The summed E-state index contributed by atoms with van der Waals surface area (Å²) in [4.78, 5) is 21.9. The molecule has 5 N–H and O–H groups in total. The first kappa shape index (κ1) is 13.4. The van der Waals surface area contributed by atoms with Crippen molar-refractivity contribution in [1.82, 2.24) is 25.5 Å². The Morgan fingerprint density at radius 1 is 1.59 bits per heavy atom. The zero-order valence-electron chi connectivity index (χ0n) is 9.16. The lowest BCUT2D eigenvalue weighted by Crippen LogP contribution is -2.39. The van der Waals surface area contributed by atoms with Crippen LogP contribution in [-0.4, -0.2) is 43.9 Å². The fourth-order valence-corrected chi connectivity index (χ4v) is 1.79. The summed E-state index contributed by atoms with van der Waals surface area (Å²) in [5.74, 6) is -0.496. The highest BCUT2D eigenvalue weighted by Crippen LogP contribution is 2.19. The summed E-state index contributed by atoms with van der Waals surface area (Å²) in [5.41, 5.74) is 10.2. The van der Waals surface area contributed by atoms with Crippen LogP contribution in [0.4, 0.5) is 4.79 Å². The minimum atomic E-state index is -0.885. The molecule has 9 nitrogen and oxygen atoms in total. The van der Waals surface area contributed by atoms with E-state index in [4.69, 9.17) is 11.5 Å². The maximum absolute atomic E-state index is 11.4.